The molecule has 16 heavy (non-hydrogen) atoms. The van der Waals surface area contributed by atoms with E-state index >= 15 is 0 Å². The molecule has 2 nitrogen and oxygen atoms in total. The van der Waals surface area contributed by atoms with Crippen LogP contribution in [0.15, 0.2) is 22.7 Å². The summed E-state index contributed by atoms with van der Waals surface area (Å²) in [4.78, 5) is 0. The third kappa shape index (κ3) is 3.24. The van der Waals surface area contributed by atoms with Gasteiger partial charge in [-0.2, -0.15) is 5.26 Å². The molecule has 1 rings (SSSR count). The highest BCUT2D eigenvalue weighted by molar-refractivity contribution is 9.10. The lowest BCUT2D eigenvalue weighted by molar-refractivity contribution is 0.511. The molecule has 0 bridgehead atoms. The second kappa shape index (κ2) is 5.91. The molecule has 0 heterocycles. The maximum absolute atomic E-state index is 8.83. The van der Waals surface area contributed by atoms with Gasteiger partial charge in [0.1, 0.15) is 6.07 Å². The van der Waals surface area contributed by atoms with Crippen LogP contribution >= 0.6 is 15.9 Å². The van der Waals surface area contributed by atoms with Gasteiger partial charge in [0.05, 0.1) is 5.56 Å². The molecule has 0 aliphatic heterocycles. The summed E-state index contributed by atoms with van der Waals surface area (Å²) >= 11 is 3.39. The van der Waals surface area contributed by atoms with Crippen LogP contribution in [0.2, 0.25) is 0 Å². The molecule has 0 radical (unpaired) electrons. The van der Waals surface area contributed by atoms with Gasteiger partial charge in [0.25, 0.3) is 0 Å². The van der Waals surface area contributed by atoms with E-state index in [1.807, 2.05) is 18.2 Å². The lowest BCUT2D eigenvalue weighted by Gasteiger charge is -2.22. The first-order valence-corrected chi connectivity index (χ1v) is 6.34. The van der Waals surface area contributed by atoms with E-state index in [1.165, 1.54) is 0 Å². The van der Waals surface area contributed by atoms with Gasteiger partial charge in [0.15, 0.2) is 0 Å². The molecule has 0 aliphatic rings. The minimum absolute atomic E-state index is 0.472. The van der Waals surface area contributed by atoms with Gasteiger partial charge in [-0.3, -0.25) is 0 Å². The topological polar surface area (TPSA) is 35.8 Å². The number of nitrogens with zero attached hydrogens (tertiary/aromatic N) is 1. The van der Waals surface area contributed by atoms with Crippen molar-refractivity contribution in [3.05, 3.63) is 28.2 Å². The molecule has 0 spiro atoms. The Morgan fingerprint density at radius 3 is 2.56 bits per heavy atom. The lowest BCUT2D eigenvalue weighted by atomic mass is 10.0. The number of anilines is 1. The van der Waals surface area contributed by atoms with E-state index in [1.54, 1.807) is 0 Å². The Bertz CT molecular complexity index is 393. The minimum atomic E-state index is 0.472. The van der Waals surface area contributed by atoms with Crippen LogP contribution < -0.4 is 5.32 Å². The van der Waals surface area contributed by atoms with Gasteiger partial charge in [-0.15, -0.1) is 0 Å². The summed E-state index contributed by atoms with van der Waals surface area (Å²) < 4.78 is 0.846. The maximum Gasteiger partial charge on any atom is 0.100 e. The highest BCUT2D eigenvalue weighted by Gasteiger charge is 2.11. The SMILES string of the molecule is CCC(Nc1ccc(C#N)c(Br)c1)C(C)C. The first kappa shape index (κ1) is 13.1. The molecule has 3 heteroatoms. The second-order valence-electron chi connectivity index (χ2n) is 4.21. The molecule has 0 aromatic heterocycles. The average molecular weight is 281 g/mol. The molecule has 1 unspecified atom stereocenters. The van der Waals surface area contributed by atoms with E-state index in [-0.39, 0.29) is 0 Å². The Morgan fingerprint density at radius 1 is 1.44 bits per heavy atom. The first-order chi connectivity index (χ1) is 7.58. The third-order valence-electron chi connectivity index (χ3n) is 2.69. The molecular weight excluding hydrogens is 264 g/mol. The van der Waals surface area contributed by atoms with E-state index < -0.39 is 0 Å². The largest absolute Gasteiger partial charge is 0.382 e. The van der Waals surface area contributed by atoms with E-state index in [0.29, 0.717) is 17.5 Å². The minimum Gasteiger partial charge on any atom is -0.382 e. The molecule has 0 fully saturated rings. The van der Waals surface area contributed by atoms with Crippen LogP contribution in [0.3, 0.4) is 0 Å². The van der Waals surface area contributed by atoms with Crippen molar-refractivity contribution < 1.29 is 0 Å². The maximum atomic E-state index is 8.83. The number of hydrogen-bond acceptors (Lipinski definition) is 2. The number of nitrogens with one attached hydrogen (secondary N) is 1. The monoisotopic (exact) mass is 280 g/mol. The molecule has 0 aliphatic carbocycles. The molecule has 1 aromatic carbocycles. The molecule has 86 valence electrons. The Morgan fingerprint density at radius 2 is 2.12 bits per heavy atom. The number of benzene rings is 1. The van der Waals surface area contributed by atoms with Gasteiger partial charge in [-0.05, 0) is 46.5 Å². The summed E-state index contributed by atoms with van der Waals surface area (Å²) in [7, 11) is 0. The lowest BCUT2D eigenvalue weighted by Crippen LogP contribution is -2.24. The van der Waals surface area contributed by atoms with Crippen LogP contribution in [0.1, 0.15) is 32.8 Å². The predicted octanol–water partition coefficient (Wildman–Crippen LogP) is 4.17. The van der Waals surface area contributed by atoms with Crippen molar-refractivity contribution in [3.8, 4) is 6.07 Å². The van der Waals surface area contributed by atoms with Crippen LogP contribution in [0.25, 0.3) is 0 Å². The summed E-state index contributed by atoms with van der Waals surface area (Å²) in [5.74, 6) is 0.597. The number of hydrogen-bond donors (Lipinski definition) is 1. The van der Waals surface area contributed by atoms with Crippen molar-refractivity contribution in [1.82, 2.24) is 0 Å². The van der Waals surface area contributed by atoms with E-state index in [2.05, 4.69) is 48.1 Å². The van der Waals surface area contributed by atoms with Crippen molar-refractivity contribution in [2.24, 2.45) is 5.92 Å². The fraction of sp³-hybridized carbons (Fsp3) is 0.462. The van der Waals surface area contributed by atoms with E-state index in [9.17, 15) is 0 Å². The molecule has 1 aromatic rings. The molecular formula is C13H17BrN2. The number of nitriles is 1. The van der Waals surface area contributed by atoms with Gasteiger partial charge >= 0.3 is 0 Å². The summed E-state index contributed by atoms with van der Waals surface area (Å²) in [5, 5.41) is 12.3. The van der Waals surface area contributed by atoms with E-state index in [0.717, 1.165) is 16.6 Å². The second-order valence-corrected chi connectivity index (χ2v) is 5.06. The van der Waals surface area contributed by atoms with Crippen LogP contribution in [-0.2, 0) is 0 Å². The first-order valence-electron chi connectivity index (χ1n) is 5.54. The zero-order valence-electron chi connectivity index (χ0n) is 9.92. The Balaban J connectivity index is 2.83. The van der Waals surface area contributed by atoms with Gasteiger partial charge < -0.3 is 5.32 Å². The van der Waals surface area contributed by atoms with Gasteiger partial charge in [0, 0.05) is 16.2 Å². The van der Waals surface area contributed by atoms with Crippen LogP contribution in [-0.4, -0.2) is 6.04 Å². The highest BCUT2D eigenvalue weighted by Crippen LogP contribution is 2.22. The zero-order chi connectivity index (χ0) is 12.1. The summed E-state index contributed by atoms with van der Waals surface area (Å²) in [6, 6.07) is 8.36. The van der Waals surface area contributed by atoms with Crippen LogP contribution in [0.5, 0.6) is 0 Å². The number of halogens is 1. The standard InChI is InChI=1S/C13H17BrN2/c1-4-13(9(2)3)16-11-6-5-10(8-15)12(14)7-11/h5-7,9,13,16H,4H2,1-3H3. The summed E-state index contributed by atoms with van der Waals surface area (Å²) in [6.07, 6.45) is 1.09. The predicted molar refractivity (Wildman–Crippen MR) is 71.4 cm³/mol. The summed E-state index contributed by atoms with van der Waals surface area (Å²) in [5.41, 5.74) is 1.73. The molecule has 0 amide bonds. The van der Waals surface area contributed by atoms with Crippen molar-refractivity contribution in [2.45, 2.75) is 33.2 Å². The van der Waals surface area contributed by atoms with Gasteiger partial charge in [-0.1, -0.05) is 20.8 Å². The Hall–Kier alpha value is -1.01. The smallest absolute Gasteiger partial charge is 0.100 e. The quantitative estimate of drug-likeness (QED) is 0.899. The van der Waals surface area contributed by atoms with Crippen molar-refractivity contribution >= 4 is 21.6 Å². The van der Waals surface area contributed by atoms with Crippen molar-refractivity contribution in [2.75, 3.05) is 5.32 Å². The van der Waals surface area contributed by atoms with Gasteiger partial charge in [0.2, 0.25) is 0 Å². The Kier molecular flexibility index (Phi) is 4.82. The third-order valence-corrected chi connectivity index (χ3v) is 3.34. The molecule has 1 atom stereocenters. The van der Waals surface area contributed by atoms with Crippen molar-refractivity contribution in [1.29, 1.82) is 5.26 Å². The van der Waals surface area contributed by atoms with Gasteiger partial charge in [-0.25, -0.2) is 0 Å². The molecule has 1 N–H and O–H groups in total. The summed E-state index contributed by atoms with van der Waals surface area (Å²) in [6.45, 7) is 6.59. The van der Waals surface area contributed by atoms with E-state index in [4.69, 9.17) is 5.26 Å². The average Bonchev–Trinajstić information content (AvgIpc) is 2.25. The number of rotatable bonds is 4. The fourth-order valence-corrected chi connectivity index (χ4v) is 2.12. The van der Waals surface area contributed by atoms with Crippen LogP contribution in [0, 0.1) is 17.2 Å². The fourth-order valence-electron chi connectivity index (χ4n) is 1.65. The van der Waals surface area contributed by atoms with Crippen molar-refractivity contribution in [3.63, 3.8) is 0 Å². The normalized spacial score (nSPS) is 12.2. The molecule has 0 saturated carbocycles. The van der Waals surface area contributed by atoms with Crippen LogP contribution in [0.4, 0.5) is 5.69 Å². The Labute approximate surface area is 106 Å². The molecule has 0 saturated heterocycles. The highest BCUT2D eigenvalue weighted by atomic mass is 79.9. The zero-order valence-corrected chi connectivity index (χ0v) is 11.5.